The number of benzene rings is 2. The normalized spacial score (nSPS) is 10.2. The number of anilines is 1. The predicted molar refractivity (Wildman–Crippen MR) is 104 cm³/mol. The number of rotatable bonds is 9. The molecule has 2 aromatic carbocycles. The molecule has 0 saturated heterocycles. The van der Waals surface area contributed by atoms with E-state index in [9.17, 15) is 4.79 Å². The van der Waals surface area contributed by atoms with Crippen LogP contribution in [0.5, 0.6) is 5.75 Å². The first-order valence-electron chi connectivity index (χ1n) is 9.03. The highest BCUT2D eigenvalue weighted by Crippen LogP contribution is 2.17. The number of carbonyl (C=O) groups excluding carboxylic acids is 1. The van der Waals surface area contributed by atoms with Crippen molar-refractivity contribution in [3.63, 3.8) is 0 Å². The number of nitrogens with zero attached hydrogens (tertiary/aromatic N) is 4. The molecule has 0 aliphatic heterocycles. The molecule has 7 nitrogen and oxygen atoms in total. The van der Waals surface area contributed by atoms with Gasteiger partial charge >= 0.3 is 0 Å². The number of aromatic nitrogens is 3. The van der Waals surface area contributed by atoms with E-state index in [1.807, 2.05) is 48.5 Å². The molecule has 28 heavy (non-hydrogen) atoms. The van der Waals surface area contributed by atoms with Crippen LogP contribution in [0.4, 0.5) is 5.69 Å². The van der Waals surface area contributed by atoms with E-state index in [4.69, 9.17) is 10.00 Å². The monoisotopic (exact) mass is 375 g/mol. The van der Waals surface area contributed by atoms with Gasteiger partial charge in [-0.25, -0.2) is 4.98 Å². The van der Waals surface area contributed by atoms with Crippen molar-refractivity contribution in [1.82, 2.24) is 14.8 Å². The minimum Gasteiger partial charge on any atom is -0.489 e. The maximum Gasteiger partial charge on any atom is 0.224 e. The molecule has 0 unspecified atom stereocenters. The van der Waals surface area contributed by atoms with Crippen LogP contribution in [0.25, 0.3) is 0 Å². The Morgan fingerprint density at radius 1 is 1.18 bits per heavy atom. The lowest BCUT2D eigenvalue weighted by Crippen LogP contribution is -2.12. The Morgan fingerprint density at radius 3 is 2.79 bits per heavy atom. The lowest BCUT2D eigenvalue weighted by atomic mass is 10.1. The third-order valence-corrected chi connectivity index (χ3v) is 4.08. The summed E-state index contributed by atoms with van der Waals surface area (Å²) >= 11 is 0. The van der Waals surface area contributed by atoms with Gasteiger partial charge in [-0.2, -0.15) is 10.4 Å². The van der Waals surface area contributed by atoms with Crippen LogP contribution < -0.4 is 10.1 Å². The molecule has 0 bridgehead atoms. The smallest absolute Gasteiger partial charge is 0.224 e. The van der Waals surface area contributed by atoms with Crippen LogP contribution in [0.1, 0.15) is 24.0 Å². The van der Waals surface area contributed by atoms with Crippen LogP contribution in [0.3, 0.4) is 0 Å². The summed E-state index contributed by atoms with van der Waals surface area (Å²) in [6, 6.07) is 17.2. The first kappa shape index (κ1) is 19.1. The van der Waals surface area contributed by atoms with Gasteiger partial charge < -0.3 is 10.1 Å². The second-order valence-corrected chi connectivity index (χ2v) is 6.28. The zero-order valence-electron chi connectivity index (χ0n) is 15.4. The van der Waals surface area contributed by atoms with Crippen molar-refractivity contribution in [1.29, 1.82) is 5.26 Å². The van der Waals surface area contributed by atoms with Crippen LogP contribution >= 0.6 is 0 Å². The van der Waals surface area contributed by atoms with Gasteiger partial charge in [0.2, 0.25) is 5.91 Å². The van der Waals surface area contributed by atoms with Crippen LogP contribution in [-0.4, -0.2) is 20.7 Å². The average Bonchev–Trinajstić information content (AvgIpc) is 3.21. The van der Waals surface area contributed by atoms with E-state index in [0.717, 1.165) is 22.6 Å². The summed E-state index contributed by atoms with van der Waals surface area (Å²) in [6.07, 6.45) is 4.61. The first-order chi connectivity index (χ1) is 13.7. The summed E-state index contributed by atoms with van der Waals surface area (Å²) in [5.74, 6) is 0.704. The van der Waals surface area contributed by atoms with E-state index in [0.29, 0.717) is 32.4 Å². The van der Waals surface area contributed by atoms with E-state index in [-0.39, 0.29) is 5.91 Å². The van der Waals surface area contributed by atoms with E-state index in [1.54, 1.807) is 11.0 Å². The molecule has 142 valence electrons. The molecule has 0 aliphatic carbocycles. The Labute approximate surface area is 163 Å². The minimum absolute atomic E-state index is 0.0359. The number of carbonyl (C=O) groups is 1. The lowest BCUT2D eigenvalue weighted by molar-refractivity contribution is -0.116. The molecular formula is C21H21N5O2. The molecule has 0 atom stereocenters. The van der Waals surface area contributed by atoms with Crippen LogP contribution in [0.2, 0.25) is 0 Å². The van der Waals surface area contributed by atoms with Gasteiger partial charge in [-0.15, -0.1) is 0 Å². The number of aryl methyl sites for hydroxylation is 1. The molecule has 3 rings (SSSR count). The molecule has 0 aliphatic rings. The summed E-state index contributed by atoms with van der Waals surface area (Å²) in [5.41, 5.74) is 2.67. The van der Waals surface area contributed by atoms with E-state index >= 15 is 0 Å². The largest absolute Gasteiger partial charge is 0.489 e. The molecule has 3 aromatic rings. The summed E-state index contributed by atoms with van der Waals surface area (Å²) in [4.78, 5) is 16.0. The molecule has 0 radical (unpaired) electrons. The third-order valence-electron chi connectivity index (χ3n) is 4.08. The molecule has 0 saturated carbocycles. The van der Waals surface area contributed by atoms with Crippen molar-refractivity contribution in [3.8, 4) is 11.8 Å². The van der Waals surface area contributed by atoms with Crippen molar-refractivity contribution in [2.24, 2.45) is 0 Å². The SMILES string of the molecule is N#CCc1ccc(OCc2cccc(NC(=O)CCCn3cncn3)c2)cc1. The quantitative estimate of drug-likeness (QED) is 0.619. The zero-order valence-corrected chi connectivity index (χ0v) is 15.4. The fourth-order valence-corrected chi connectivity index (χ4v) is 2.67. The number of hydrogen-bond acceptors (Lipinski definition) is 5. The number of amides is 1. The average molecular weight is 375 g/mol. The summed E-state index contributed by atoms with van der Waals surface area (Å²) < 4.78 is 7.49. The molecule has 1 aromatic heterocycles. The van der Waals surface area contributed by atoms with Gasteiger partial charge in [-0.05, 0) is 41.8 Å². The van der Waals surface area contributed by atoms with E-state index < -0.39 is 0 Å². The fourth-order valence-electron chi connectivity index (χ4n) is 2.67. The highest BCUT2D eigenvalue weighted by atomic mass is 16.5. The predicted octanol–water partition coefficient (Wildman–Crippen LogP) is 3.34. The Morgan fingerprint density at radius 2 is 2.04 bits per heavy atom. The Bertz CT molecular complexity index is 930. The van der Waals surface area contributed by atoms with Gasteiger partial charge in [0.1, 0.15) is 25.0 Å². The molecule has 7 heteroatoms. The molecule has 1 N–H and O–H groups in total. The number of hydrogen-bond donors (Lipinski definition) is 1. The second kappa shape index (κ2) is 9.88. The van der Waals surface area contributed by atoms with Gasteiger partial charge in [-0.3, -0.25) is 9.48 Å². The molecular weight excluding hydrogens is 354 g/mol. The highest BCUT2D eigenvalue weighted by molar-refractivity contribution is 5.90. The highest BCUT2D eigenvalue weighted by Gasteiger charge is 2.04. The zero-order chi connectivity index (χ0) is 19.6. The van der Waals surface area contributed by atoms with Crippen LogP contribution in [0.15, 0.2) is 61.2 Å². The maximum atomic E-state index is 12.1. The van der Waals surface area contributed by atoms with Gasteiger partial charge in [0.05, 0.1) is 12.5 Å². The molecule has 1 amide bonds. The third kappa shape index (κ3) is 5.95. The summed E-state index contributed by atoms with van der Waals surface area (Å²) in [5, 5.41) is 15.6. The number of nitriles is 1. The van der Waals surface area contributed by atoms with Gasteiger partial charge in [0, 0.05) is 18.7 Å². The van der Waals surface area contributed by atoms with Crippen molar-refractivity contribution < 1.29 is 9.53 Å². The Hall–Kier alpha value is -3.66. The Balaban J connectivity index is 1.46. The molecule has 0 spiro atoms. The summed E-state index contributed by atoms with van der Waals surface area (Å²) in [7, 11) is 0. The number of nitrogens with one attached hydrogen (secondary N) is 1. The van der Waals surface area contributed by atoms with Crippen molar-refractivity contribution >= 4 is 11.6 Å². The molecule has 1 heterocycles. The molecule has 0 fully saturated rings. The topological polar surface area (TPSA) is 92.8 Å². The standard InChI is InChI=1S/C21H21N5O2/c22-11-10-17-6-8-20(9-7-17)28-14-18-3-1-4-19(13-18)25-21(27)5-2-12-26-16-23-15-24-26/h1,3-4,6-9,13,15-16H,2,5,10,12,14H2,(H,25,27). The lowest BCUT2D eigenvalue weighted by Gasteiger charge is -2.09. The van der Waals surface area contributed by atoms with Gasteiger partial charge in [0.25, 0.3) is 0 Å². The summed E-state index contributed by atoms with van der Waals surface area (Å²) in [6.45, 7) is 1.06. The Kier molecular flexibility index (Phi) is 6.74. The second-order valence-electron chi connectivity index (χ2n) is 6.28. The van der Waals surface area contributed by atoms with Gasteiger partial charge in [0.15, 0.2) is 0 Å². The van der Waals surface area contributed by atoms with Crippen molar-refractivity contribution in [2.45, 2.75) is 32.4 Å². The van der Waals surface area contributed by atoms with Crippen molar-refractivity contribution in [2.75, 3.05) is 5.32 Å². The number of ether oxygens (including phenoxy) is 1. The van der Waals surface area contributed by atoms with Crippen LogP contribution in [0, 0.1) is 11.3 Å². The van der Waals surface area contributed by atoms with Crippen molar-refractivity contribution in [3.05, 3.63) is 72.3 Å². The van der Waals surface area contributed by atoms with Crippen LogP contribution in [-0.2, 0) is 24.4 Å². The fraction of sp³-hybridized carbons (Fsp3) is 0.238. The van der Waals surface area contributed by atoms with Gasteiger partial charge in [-0.1, -0.05) is 24.3 Å². The minimum atomic E-state index is -0.0359. The first-order valence-corrected chi connectivity index (χ1v) is 9.03. The van der Waals surface area contributed by atoms with E-state index in [1.165, 1.54) is 6.33 Å². The van der Waals surface area contributed by atoms with E-state index in [2.05, 4.69) is 21.5 Å². The maximum absolute atomic E-state index is 12.1.